The lowest BCUT2D eigenvalue weighted by Crippen LogP contribution is -2.26. The molecular formula is C43H72N8O6S2. The van der Waals surface area contributed by atoms with Crippen molar-refractivity contribution in [2.75, 3.05) is 64.2 Å². The highest BCUT2D eigenvalue weighted by Gasteiger charge is 2.19. The first-order chi connectivity index (χ1) is 27.1. The first kappa shape index (κ1) is 54.7. The fourth-order valence-corrected chi connectivity index (χ4v) is 8.60. The lowest BCUT2D eigenvalue weighted by Gasteiger charge is -2.17. The minimum atomic E-state index is -3.58. The molecule has 0 saturated carbocycles. The predicted octanol–water partition coefficient (Wildman–Crippen LogP) is 6.65. The van der Waals surface area contributed by atoms with E-state index in [4.69, 9.17) is 11.5 Å². The number of nitrogens with one attached hydrogen (secondary N) is 3. The van der Waals surface area contributed by atoms with E-state index in [2.05, 4.69) is 14.8 Å². The van der Waals surface area contributed by atoms with Crippen LogP contribution in [0.5, 0.6) is 0 Å². The molecule has 10 N–H and O–H groups in total. The Labute approximate surface area is 354 Å². The van der Waals surface area contributed by atoms with Crippen molar-refractivity contribution >= 4 is 64.8 Å². The number of primary amides is 1. The van der Waals surface area contributed by atoms with Crippen molar-refractivity contribution < 1.29 is 26.4 Å². The van der Waals surface area contributed by atoms with Gasteiger partial charge in [-0.15, -0.1) is 0 Å². The van der Waals surface area contributed by atoms with E-state index in [0.29, 0.717) is 48.8 Å². The molecule has 0 unspecified atom stereocenters. The van der Waals surface area contributed by atoms with Crippen LogP contribution in [0.1, 0.15) is 85.5 Å². The minimum absolute atomic E-state index is 0. The van der Waals surface area contributed by atoms with Crippen LogP contribution >= 0.6 is 0 Å². The van der Waals surface area contributed by atoms with Crippen LogP contribution in [-0.2, 0) is 29.6 Å². The predicted molar refractivity (Wildman–Crippen MR) is 247 cm³/mol. The highest BCUT2D eigenvalue weighted by atomic mass is 32.2. The third-order valence-corrected chi connectivity index (χ3v) is 11.9. The third kappa shape index (κ3) is 18.2. The molecule has 4 aromatic rings. The van der Waals surface area contributed by atoms with Crippen LogP contribution in [-0.4, -0.2) is 83.0 Å². The third-order valence-electron chi connectivity index (χ3n) is 8.88. The van der Waals surface area contributed by atoms with E-state index >= 15 is 0 Å². The summed E-state index contributed by atoms with van der Waals surface area (Å²) in [6.07, 6.45) is 7.85. The number of amides is 2. The second-order valence-electron chi connectivity index (χ2n) is 14.1. The summed E-state index contributed by atoms with van der Waals surface area (Å²) in [6.45, 7) is 6.00. The maximum absolute atomic E-state index is 12.8. The summed E-state index contributed by atoms with van der Waals surface area (Å²) in [5.74, 6) is -0.131. The Morgan fingerprint density at radius 3 is 1.34 bits per heavy atom. The Morgan fingerprint density at radius 2 is 0.966 bits per heavy atom. The van der Waals surface area contributed by atoms with Gasteiger partial charge >= 0.3 is 0 Å². The standard InChI is InChI=1S/C21H31N3O3S.C17H25N3O2S.C4H9NO.CH4.H3N/c1-4-10-21(25)22-15-6-5-7-16-23-28(26,27)20-14-9-11-17-18(20)12-8-13-19(17)24(2)3;1-20(2)16-10-6-9-15-14(16)8-7-11-17(15)23(21,22)19-13-5-3-4-12-18;1-2-3-4(5)6;;/h8-9,11-14,23H,4-7,10,15-16H2,1-3H3,(H,22,25);6-11,19H,3-5,12-13,18H2,1-2H3;2-3H2,1H3,(H2,5,6);1H4;1H3. The van der Waals surface area contributed by atoms with Crippen molar-refractivity contribution in [3.05, 3.63) is 72.8 Å². The molecule has 0 bridgehead atoms. The van der Waals surface area contributed by atoms with Gasteiger partial charge in [-0.05, 0) is 69.3 Å². The van der Waals surface area contributed by atoms with Gasteiger partial charge in [-0.3, -0.25) is 9.59 Å². The van der Waals surface area contributed by atoms with Gasteiger partial charge in [0, 0.05) is 93.6 Å². The SMILES string of the molecule is C.CCCC(=O)NCCCCCNS(=O)(=O)c1cccc2c(N(C)C)cccc12.CCCC(N)=O.CN(C)c1cccc2c(S(=O)(=O)NCCCCCN)cccc12.N. The minimum Gasteiger partial charge on any atom is -0.377 e. The number of anilines is 2. The summed E-state index contributed by atoms with van der Waals surface area (Å²) in [7, 11) is 0.689. The highest BCUT2D eigenvalue weighted by Crippen LogP contribution is 2.31. The van der Waals surface area contributed by atoms with Gasteiger partial charge in [-0.1, -0.05) is 82.6 Å². The normalized spacial score (nSPS) is 10.9. The van der Waals surface area contributed by atoms with E-state index in [1.807, 2.05) is 100 Å². The number of nitrogens with two attached hydrogens (primary N) is 2. The molecular weight excluding hydrogens is 789 g/mol. The first-order valence-corrected chi connectivity index (χ1v) is 22.7. The van der Waals surface area contributed by atoms with E-state index in [1.54, 1.807) is 24.3 Å². The van der Waals surface area contributed by atoms with Crippen molar-refractivity contribution in [3.63, 3.8) is 0 Å². The number of nitrogens with zero attached hydrogens (tertiary/aromatic N) is 2. The molecule has 0 fully saturated rings. The van der Waals surface area contributed by atoms with Gasteiger partial charge in [0.25, 0.3) is 0 Å². The Kier molecular flexibility index (Phi) is 26.1. The number of carbonyl (C=O) groups excluding carboxylic acids is 2. The van der Waals surface area contributed by atoms with Gasteiger partial charge < -0.3 is 32.7 Å². The van der Waals surface area contributed by atoms with E-state index in [0.717, 1.165) is 84.3 Å². The van der Waals surface area contributed by atoms with Crippen LogP contribution in [0, 0.1) is 0 Å². The molecule has 0 heterocycles. The summed E-state index contributed by atoms with van der Waals surface area (Å²) < 4.78 is 56.2. The maximum Gasteiger partial charge on any atom is 0.241 e. The zero-order chi connectivity index (χ0) is 42.4. The van der Waals surface area contributed by atoms with Crippen LogP contribution in [0.3, 0.4) is 0 Å². The molecule has 0 radical (unpaired) electrons. The van der Waals surface area contributed by atoms with Gasteiger partial charge in [0.1, 0.15) is 0 Å². The summed E-state index contributed by atoms with van der Waals surface area (Å²) >= 11 is 0. The van der Waals surface area contributed by atoms with E-state index < -0.39 is 20.0 Å². The summed E-state index contributed by atoms with van der Waals surface area (Å²) in [6, 6.07) is 22.2. The molecule has 4 aromatic carbocycles. The monoisotopic (exact) mass is 861 g/mol. The summed E-state index contributed by atoms with van der Waals surface area (Å²) in [5.41, 5.74) is 12.2. The average Bonchev–Trinajstić information content (AvgIpc) is 3.16. The maximum atomic E-state index is 12.8. The zero-order valence-corrected chi connectivity index (χ0v) is 37.0. The lowest BCUT2D eigenvalue weighted by atomic mass is 10.1. The van der Waals surface area contributed by atoms with Crippen molar-refractivity contribution in [1.82, 2.24) is 20.9 Å². The Balaban J connectivity index is 0.000000984. The molecule has 16 heteroatoms. The molecule has 0 spiro atoms. The Hall–Kier alpha value is -4.32. The fraction of sp³-hybridized carbons (Fsp3) is 0.488. The van der Waals surface area contributed by atoms with Crippen LogP contribution in [0.15, 0.2) is 82.6 Å². The number of benzene rings is 4. The van der Waals surface area contributed by atoms with Gasteiger partial charge in [-0.2, -0.15) is 0 Å². The average molecular weight is 861 g/mol. The number of hydrogen-bond donors (Lipinski definition) is 6. The zero-order valence-electron chi connectivity index (χ0n) is 35.3. The second-order valence-corrected chi connectivity index (χ2v) is 17.5. The molecule has 0 aliphatic carbocycles. The van der Waals surface area contributed by atoms with Crippen molar-refractivity contribution in [2.24, 2.45) is 11.5 Å². The number of carbonyl (C=O) groups is 2. The molecule has 0 saturated heterocycles. The second kappa shape index (κ2) is 28.2. The van der Waals surface area contributed by atoms with Crippen LogP contribution < -0.4 is 42.2 Å². The molecule has 4 rings (SSSR count). The molecule has 2 amide bonds. The van der Waals surface area contributed by atoms with Gasteiger partial charge in [0.2, 0.25) is 31.9 Å². The number of fused-ring (bicyclic) bond motifs is 2. The largest absolute Gasteiger partial charge is 0.377 e. The molecule has 14 nitrogen and oxygen atoms in total. The summed E-state index contributed by atoms with van der Waals surface area (Å²) in [5, 5.41) is 6.18. The number of unbranched alkanes of at least 4 members (excludes halogenated alkanes) is 4. The molecule has 0 aromatic heterocycles. The molecule has 0 aliphatic heterocycles. The van der Waals surface area contributed by atoms with Crippen molar-refractivity contribution in [1.29, 1.82) is 0 Å². The number of sulfonamides is 2. The first-order valence-electron chi connectivity index (χ1n) is 19.7. The quantitative estimate of drug-likeness (QED) is 0.0488. The van der Waals surface area contributed by atoms with Crippen LogP contribution in [0.25, 0.3) is 21.5 Å². The van der Waals surface area contributed by atoms with Gasteiger partial charge in [0.05, 0.1) is 9.79 Å². The Bertz CT molecular complexity index is 2080. The summed E-state index contributed by atoms with van der Waals surface area (Å²) in [4.78, 5) is 25.8. The van der Waals surface area contributed by atoms with Gasteiger partial charge in [0.15, 0.2) is 0 Å². The van der Waals surface area contributed by atoms with Crippen LogP contribution in [0.2, 0.25) is 0 Å². The van der Waals surface area contributed by atoms with Crippen LogP contribution in [0.4, 0.5) is 11.4 Å². The van der Waals surface area contributed by atoms with E-state index in [9.17, 15) is 26.4 Å². The number of rotatable bonds is 21. The fourth-order valence-electron chi connectivity index (χ4n) is 6.01. The molecule has 0 atom stereocenters. The topological polar surface area (TPSA) is 232 Å². The molecule has 0 aliphatic rings. The highest BCUT2D eigenvalue weighted by molar-refractivity contribution is 7.90. The van der Waals surface area contributed by atoms with Crippen molar-refractivity contribution in [2.45, 2.75) is 95.3 Å². The molecule has 332 valence electrons. The lowest BCUT2D eigenvalue weighted by molar-refractivity contribution is -0.121. The van der Waals surface area contributed by atoms with E-state index in [1.165, 1.54) is 0 Å². The molecule has 59 heavy (non-hydrogen) atoms. The van der Waals surface area contributed by atoms with Crippen molar-refractivity contribution in [3.8, 4) is 0 Å². The number of hydrogen-bond acceptors (Lipinski definition) is 10. The van der Waals surface area contributed by atoms with Gasteiger partial charge in [-0.25, -0.2) is 26.3 Å². The Morgan fingerprint density at radius 1 is 0.576 bits per heavy atom. The van der Waals surface area contributed by atoms with E-state index in [-0.39, 0.29) is 25.4 Å². The smallest absolute Gasteiger partial charge is 0.241 e.